The monoisotopic (exact) mass is 435 g/mol. The van der Waals surface area contributed by atoms with Crippen LogP contribution in [0.15, 0.2) is 53.4 Å². The molecule has 1 amide bonds. The number of amides is 1. The van der Waals surface area contributed by atoms with Crippen molar-refractivity contribution in [3.8, 4) is 5.75 Å². The minimum atomic E-state index is -4.14. The summed E-state index contributed by atoms with van der Waals surface area (Å²) in [5.74, 6) is -0.147. The molecule has 5 nitrogen and oxygen atoms in total. The molecule has 1 atom stereocenters. The van der Waals surface area contributed by atoms with Gasteiger partial charge in [0.25, 0.3) is 5.91 Å². The lowest BCUT2D eigenvalue weighted by Crippen LogP contribution is -2.49. The van der Waals surface area contributed by atoms with Gasteiger partial charge in [0.1, 0.15) is 5.75 Å². The maximum atomic E-state index is 12.9. The number of sulfone groups is 1. The summed E-state index contributed by atoms with van der Waals surface area (Å²) in [5.41, 5.74) is 1.07. The predicted molar refractivity (Wildman–Crippen MR) is 103 cm³/mol. The van der Waals surface area contributed by atoms with E-state index in [0.717, 1.165) is 5.56 Å². The number of nitrogens with one attached hydrogen (secondary N) is 1. The van der Waals surface area contributed by atoms with E-state index in [4.69, 9.17) is 39.5 Å². The predicted octanol–water partition coefficient (Wildman–Crippen LogP) is 3.90. The van der Waals surface area contributed by atoms with E-state index in [2.05, 4.69) is 5.32 Å². The van der Waals surface area contributed by atoms with Crippen molar-refractivity contribution in [2.45, 2.75) is 21.0 Å². The molecule has 0 aliphatic carbocycles. The molecular weight excluding hydrogens is 421 g/mol. The van der Waals surface area contributed by atoms with Gasteiger partial charge in [0, 0.05) is 5.56 Å². The molecule has 26 heavy (non-hydrogen) atoms. The molecule has 0 radical (unpaired) electrons. The van der Waals surface area contributed by atoms with Crippen molar-refractivity contribution < 1.29 is 17.9 Å². The number of ether oxygens (including phenoxy) is 1. The quantitative estimate of drug-likeness (QED) is 0.721. The number of methoxy groups -OCH3 is 1. The van der Waals surface area contributed by atoms with Crippen LogP contribution in [0, 0.1) is 6.92 Å². The average molecular weight is 437 g/mol. The van der Waals surface area contributed by atoms with Crippen LogP contribution in [0.3, 0.4) is 0 Å². The van der Waals surface area contributed by atoms with E-state index in [9.17, 15) is 13.2 Å². The molecule has 2 aromatic rings. The molecule has 2 aromatic carbocycles. The highest BCUT2D eigenvalue weighted by Crippen LogP contribution is 2.36. The first-order valence-electron chi connectivity index (χ1n) is 7.38. The molecule has 2 rings (SSSR count). The first-order chi connectivity index (χ1) is 12.1. The van der Waals surface area contributed by atoms with Gasteiger partial charge in [-0.15, -0.1) is 0 Å². The number of carbonyl (C=O) groups is 1. The molecule has 9 heteroatoms. The maximum Gasteiger partial charge on any atom is 0.252 e. The standard InChI is InChI=1S/C17H16Cl3NO4S/c1-11-3-9-14(10-4-11)26(23,24)16(17(18,19)20)21-15(22)12-5-7-13(25-2)8-6-12/h3-10,16H,1-2H3,(H,21,22)/t16-/m1/s1. The number of halogens is 3. The third-order valence-corrected chi connectivity index (χ3v) is 6.64. The van der Waals surface area contributed by atoms with Crippen LogP contribution in [0.5, 0.6) is 5.75 Å². The third kappa shape index (κ3) is 4.82. The molecule has 0 fully saturated rings. The summed E-state index contributed by atoms with van der Waals surface area (Å²) in [4.78, 5) is 12.4. The maximum absolute atomic E-state index is 12.9. The van der Waals surface area contributed by atoms with Gasteiger partial charge in [-0.25, -0.2) is 8.42 Å². The number of hydrogen-bond donors (Lipinski definition) is 1. The zero-order valence-electron chi connectivity index (χ0n) is 13.9. The van der Waals surface area contributed by atoms with Crippen molar-refractivity contribution in [2.75, 3.05) is 7.11 Å². The van der Waals surface area contributed by atoms with Crippen LogP contribution in [0.25, 0.3) is 0 Å². The Morgan fingerprint density at radius 1 is 1.04 bits per heavy atom. The van der Waals surface area contributed by atoms with Gasteiger partial charge in [0.15, 0.2) is 5.37 Å². The number of rotatable bonds is 5. The van der Waals surface area contributed by atoms with Gasteiger partial charge in [0.05, 0.1) is 12.0 Å². The molecule has 0 unspecified atom stereocenters. The number of benzene rings is 2. The van der Waals surface area contributed by atoms with Crippen LogP contribution in [0.2, 0.25) is 0 Å². The highest BCUT2D eigenvalue weighted by Gasteiger charge is 2.44. The van der Waals surface area contributed by atoms with Crippen molar-refractivity contribution >= 4 is 50.5 Å². The topological polar surface area (TPSA) is 72.5 Å². The summed E-state index contributed by atoms with van der Waals surface area (Å²) >= 11 is 17.6. The lowest BCUT2D eigenvalue weighted by Gasteiger charge is -2.25. The fraction of sp³-hybridized carbons (Fsp3) is 0.235. The molecule has 0 aliphatic heterocycles. The summed E-state index contributed by atoms with van der Waals surface area (Å²) in [6, 6.07) is 12.1. The lowest BCUT2D eigenvalue weighted by molar-refractivity contribution is 0.0948. The SMILES string of the molecule is COc1ccc(C(=O)N[C@@H](C(Cl)(Cl)Cl)S(=O)(=O)c2ccc(C)cc2)cc1. The van der Waals surface area contributed by atoms with Crippen LogP contribution in [0.4, 0.5) is 0 Å². The van der Waals surface area contributed by atoms with Gasteiger partial charge in [0.2, 0.25) is 13.6 Å². The fourth-order valence-electron chi connectivity index (χ4n) is 2.14. The summed E-state index contributed by atoms with van der Waals surface area (Å²) < 4.78 is 28.5. The van der Waals surface area contributed by atoms with E-state index in [0.29, 0.717) is 5.75 Å². The van der Waals surface area contributed by atoms with Crippen molar-refractivity contribution in [1.29, 1.82) is 0 Å². The smallest absolute Gasteiger partial charge is 0.252 e. The normalized spacial score (nSPS) is 13.1. The summed E-state index contributed by atoms with van der Waals surface area (Å²) in [5, 5.41) is 0.534. The summed E-state index contributed by atoms with van der Waals surface area (Å²) in [6.07, 6.45) is 0. The van der Waals surface area contributed by atoms with Gasteiger partial charge < -0.3 is 10.1 Å². The van der Waals surface area contributed by atoms with E-state index in [1.54, 1.807) is 24.3 Å². The van der Waals surface area contributed by atoms with Crippen molar-refractivity contribution in [3.63, 3.8) is 0 Å². The molecule has 0 aliphatic rings. The Morgan fingerprint density at radius 3 is 2.04 bits per heavy atom. The number of aryl methyl sites for hydroxylation is 1. The summed E-state index contributed by atoms with van der Waals surface area (Å²) in [7, 11) is -2.66. The van der Waals surface area contributed by atoms with E-state index < -0.39 is 24.9 Å². The molecule has 0 bridgehead atoms. The molecule has 140 valence electrons. The van der Waals surface area contributed by atoms with Gasteiger partial charge in [-0.2, -0.15) is 0 Å². The van der Waals surface area contributed by atoms with Crippen molar-refractivity contribution in [1.82, 2.24) is 5.32 Å². The average Bonchev–Trinajstić information content (AvgIpc) is 2.58. The zero-order valence-corrected chi connectivity index (χ0v) is 17.0. The van der Waals surface area contributed by atoms with Crippen LogP contribution < -0.4 is 10.1 Å². The van der Waals surface area contributed by atoms with Crippen molar-refractivity contribution in [3.05, 3.63) is 59.7 Å². The van der Waals surface area contributed by atoms with Crippen LogP contribution in [-0.4, -0.2) is 30.6 Å². The Morgan fingerprint density at radius 2 is 1.58 bits per heavy atom. The Bertz CT molecular complexity index is 876. The van der Waals surface area contributed by atoms with E-state index >= 15 is 0 Å². The van der Waals surface area contributed by atoms with Gasteiger partial charge in [-0.05, 0) is 43.3 Å². The highest BCUT2D eigenvalue weighted by molar-refractivity contribution is 7.92. The second kappa shape index (κ2) is 8.05. The molecule has 0 aromatic heterocycles. The number of hydrogen-bond acceptors (Lipinski definition) is 4. The largest absolute Gasteiger partial charge is 0.497 e. The number of alkyl halides is 3. The Hall–Kier alpha value is -1.47. The van der Waals surface area contributed by atoms with Crippen LogP contribution in [0.1, 0.15) is 15.9 Å². The summed E-state index contributed by atoms with van der Waals surface area (Å²) in [6.45, 7) is 1.81. The number of carbonyl (C=O) groups excluding carboxylic acids is 1. The molecule has 0 saturated carbocycles. The zero-order chi connectivity index (χ0) is 19.5. The minimum Gasteiger partial charge on any atom is -0.497 e. The second-order valence-corrected chi connectivity index (χ2v) is 9.88. The van der Waals surface area contributed by atoms with E-state index in [1.807, 2.05) is 6.92 Å². The first kappa shape index (κ1) is 20.8. The molecular formula is C17H16Cl3NO4S. The molecule has 0 spiro atoms. The first-order valence-corrected chi connectivity index (χ1v) is 10.1. The van der Waals surface area contributed by atoms with Crippen molar-refractivity contribution in [2.24, 2.45) is 0 Å². The minimum absolute atomic E-state index is 0.0607. The Labute approximate surface area is 167 Å². The Kier molecular flexibility index (Phi) is 6.45. The molecule has 0 saturated heterocycles. The van der Waals surface area contributed by atoms with Crippen LogP contribution in [-0.2, 0) is 9.84 Å². The van der Waals surface area contributed by atoms with E-state index in [-0.39, 0.29) is 10.5 Å². The lowest BCUT2D eigenvalue weighted by atomic mass is 10.2. The fourth-order valence-corrected chi connectivity index (χ4v) is 4.77. The Balaban J connectivity index is 2.35. The third-order valence-electron chi connectivity index (χ3n) is 3.57. The molecule has 0 heterocycles. The molecule has 1 N–H and O–H groups in total. The van der Waals surface area contributed by atoms with Crippen LogP contribution >= 0.6 is 34.8 Å². The van der Waals surface area contributed by atoms with E-state index in [1.165, 1.54) is 31.4 Å². The van der Waals surface area contributed by atoms with Gasteiger partial charge >= 0.3 is 0 Å². The second-order valence-electron chi connectivity index (χ2n) is 5.48. The van der Waals surface area contributed by atoms with Gasteiger partial charge in [-0.1, -0.05) is 52.5 Å². The highest BCUT2D eigenvalue weighted by atomic mass is 35.6. The van der Waals surface area contributed by atoms with Gasteiger partial charge in [-0.3, -0.25) is 4.79 Å².